The second-order valence-electron chi connectivity index (χ2n) is 3.56. The summed E-state index contributed by atoms with van der Waals surface area (Å²) < 4.78 is 5.13. The number of carbonyl (C=O) groups is 2. The van der Waals surface area contributed by atoms with Gasteiger partial charge in [-0.15, -0.1) is 0 Å². The summed E-state index contributed by atoms with van der Waals surface area (Å²) in [5.74, 6) is -1.06. The fraction of sp³-hybridized carbons (Fsp3) is 0.750. The third kappa shape index (κ3) is 3.21. The van der Waals surface area contributed by atoms with E-state index in [9.17, 15) is 9.59 Å². The first-order valence-electron chi connectivity index (χ1n) is 4.37. The molecule has 1 atom stereocenters. The van der Waals surface area contributed by atoms with E-state index in [4.69, 9.17) is 9.84 Å². The van der Waals surface area contributed by atoms with E-state index in [1.54, 1.807) is 0 Å². The maximum Gasteiger partial charge on any atom is 0.323 e. The Morgan fingerprint density at radius 2 is 2.29 bits per heavy atom. The molecule has 3 N–H and O–H groups in total. The summed E-state index contributed by atoms with van der Waals surface area (Å²) in [6.45, 7) is 2.58. The fourth-order valence-corrected chi connectivity index (χ4v) is 1.24. The number of amides is 2. The van der Waals surface area contributed by atoms with Gasteiger partial charge in [-0.2, -0.15) is 0 Å². The molecule has 2 amide bonds. The van der Waals surface area contributed by atoms with Gasteiger partial charge in [0.1, 0.15) is 6.54 Å². The largest absolute Gasteiger partial charge is 0.480 e. The van der Waals surface area contributed by atoms with Crippen LogP contribution in [0.15, 0.2) is 0 Å². The van der Waals surface area contributed by atoms with Crippen molar-refractivity contribution in [2.24, 2.45) is 0 Å². The second-order valence-corrected chi connectivity index (χ2v) is 3.56. The van der Waals surface area contributed by atoms with E-state index in [2.05, 4.69) is 10.6 Å². The second kappa shape index (κ2) is 4.28. The molecule has 1 aliphatic rings. The summed E-state index contributed by atoms with van der Waals surface area (Å²) >= 11 is 0. The zero-order valence-corrected chi connectivity index (χ0v) is 8.00. The minimum Gasteiger partial charge on any atom is -0.480 e. The molecule has 0 aromatic rings. The van der Waals surface area contributed by atoms with Gasteiger partial charge in [0.25, 0.3) is 0 Å². The van der Waals surface area contributed by atoms with Crippen LogP contribution in [-0.4, -0.2) is 42.4 Å². The number of nitrogens with one attached hydrogen (secondary N) is 2. The van der Waals surface area contributed by atoms with Gasteiger partial charge in [-0.1, -0.05) is 0 Å². The van der Waals surface area contributed by atoms with Gasteiger partial charge in [0.05, 0.1) is 12.1 Å². The van der Waals surface area contributed by atoms with Crippen molar-refractivity contribution in [3.63, 3.8) is 0 Å². The van der Waals surface area contributed by atoms with Gasteiger partial charge in [0.15, 0.2) is 0 Å². The van der Waals surface area contributed by atoms with E-state index in [0.717, 1.165) is 6.42 Å². The van der Waals surface area contributed by atoms with Gasteiger partial charge in [0.2, 0.25) is 0 Å². The summed E-state index contributed by atoms with van der Waals surface area (Å²) in [7, 11) is 0. The molecule has 0 aromatic carbocycles. The Hall–Kier alpha value is -1.30. The summed E-state index contributed by atoms with van der Waals surface area (Å²) in [4.78, 5) is 21.3. The van der Waals surface area contributed by atoms with E-state index in [1.165, 1.54) is 0 Å². The molecule has 1 rings (SSSR count). The summed E-state index contributed by atoms with van der Waals surface area (Å²) in [5.41, 5.74) is -0.372. The van der Waals surface area contributed by atoms with Crippen LogP contribution < -0.4 is 10.6 Å². The summed E-state index contributed by atoms with van der Waals surface area (Å²) in [6.07, 6.45) is 0.744. The zero-order valence-electron chi connectivity index (χ0n) is 8.00. The Kier molecular flexibility index (Phi) is 3.29. The molecule has 6 heteroatoms. The van der Waals surface area contributed by atoms with Crippen molar-refractivity contribution in [1.29, 1.82) is 0 Å². The van der Waals surface area contributed by atoms with E-state index in [1.807, 2.05) is 6.92 Å². The van der Waals surface area contributed by atoms with Crippen molar-refractivity contribution in [2.75, 3.05) is 19.8 Å². The van der Waals surface area contributed by atoms with Gasteiger partial charge in [-0.3, -0.25) is 4.79 Å². The molecule has 1 aliphatic heterocycles. The lowest BCUT2D eigenvalue weighted by atomic mass is 10.0. The Balaban J connectivity index is 2.29. The number of carbonyl (C=O) groups excluding carboxylic acids is 1. The first-order valence-corrected chi connectivity index (χ1v) is 4.37. The lowest BCUT2D eigenvalue weighted by Crippen LogP contribution is -2.51. The van der Waals surface area contributed by atoms with Crippen LogP contribution in [0.5, 0.6) is 0 Å². The van der Waals surface area contributed by atoms with Crippen molar-refractivity contribution >= 4 is 12.0 Å². The van der Waals surface area contributed by atoms with Gasteiger partial charge >= 0.3 is 12.0 Å². The van der Waals surface area contributed by atoms with Crippen LogP contribution in [0.4, 0.5) is 4.79 Å². The number of hydrogen-bond donors (Lipinski definition) is 3. The van der Waals surface area contributed by atoms with Crippen molar-refractivity contribution < 1.29 is 19.4 Å². The van der Waals surface area contributed by atoms with E-state index < -0.39 is 12.0 Å². The summed E-state index contributed by atoms with van der Waals surface area (Å²) in [6, 6.07) is -0.472. The first-order chi connectivity index (χ1) is 6.52. The Labute approximate surface area is 81.6 Å². The smallest absolute Gasteiger partial charge is 0.323 e. The molecular formula is C8H14N2O4. The number of rotatable bonds is 3. The normalized spacial score (nSPS) is 25.8. The number of aliphatic carboxylic acids is 1. The standard InChI is InChI=1S/C8H14N2O4/c1-8(2-3-14-5-8)10-7(13)9-4-6(11)12/h2-5H2,1H3,(H,11,12)(H2,9,10,13). The molecule has 1 saturated heterocycles. The number of urea groups is 1. The molecule has 80 valence electrons. The molecule has 0 saturated carbocycles. The van der Waals surface area contributed by atoms with Crippen LogP contribution in [0.2, 0.25) is 0 Å². The topological polar surface area (TPSA) is 87.7 Å². The third-order valence-corrected chi connectivity index (χ3v) is 2.03. The average molecular weight is 202 g/mol. The molecule has 0 spiro atoms. The van der Waals surface area contributed by atoms with Crippen molar-refractivity contribution in [3.05, 3.63) is 0 Å². The van der Waals surface area contributed by atoms with E-state index in [0.29, 0.717) is 13.2 Å². The molecule has 1 fully saturated rings. The number of carboxylic acids is 1. The number of carboxylic acid groups (broad SMARTS) is 1. The molecule has 0 aliphatic carbocycles. The lowest BCUT2D eigenvalue weighted by molar-refractivity contribution is -0.135. The van der Waals surface area contributed by atoms with Crippen molar-refractivity contribution in [1.82, 2.24) is 10.6 Å². The minimum atomic E-state index is -1.06. The Morgan fingerprint density at radius 3 is 2.79 bits per heavy atom. The highest BCUT2D eigenvalue weighted by molar-refractivity contribution is 5.80. The molecule has 14 heavy (non-hydrogen) atoms. The van der Waals surface area contributed by atoms with E-state index >= 15 is 0 Å². The maximum absolute atomic E-state index is 11.2. The molecular weight excluding hydrogens is 188 g/mol. The van der Waals surface area contributed by atoms with E-state index in [-0.39, 0.29) is 12.1 Å². The molecule has 0 bridgehead atoms. The fourth-order valence-electron chi connectivity index (χ4n) is 1.24. The molecule has 1 heterocycles. The molecule has 1 unspecified atom stereocenters. The van der Waals surface area contributed by atoms with Crippen LogP contribution >= 0.6 is 0 Å². The monoisotopic (exact) mass is 202 g/mol. The highest BCUT2D eigenvalue weighted by Crippen LogP contribution is 2.16. The van der Waals surface area contributed by atoms with Crippen molar-refractivity contribution in [2.45, 2.75) is 18.9 Å². The third-order valence-electron chi connectivity index (χ3n) is 2.03. The van der Waals surface area contributed by atoms with Crippen LogP contribution in [0.1, 0.15) is 13.3 Å². The van der Waals surface area contributed by atoms with Gasteiger partial charge in [-0.05, 0) is 13.3 Å². The van der Waals surface area contributed by atoms with Crippen LogP contribution in [0.25, 0.3) is 0 Å². The van der Waals surface area contributed by atoms with Gasteiger partial charge < -0.3 is 20.5 Å². The predicted molar refractivity (Wildman–Crippen MR) is 48.0 cm³/mol. The van der Waals surface area contributed by atoms with Crippen LogP contribution in [0, 0.1) is 0 Å². The van der Waals surface area contributed by atoms with Crippen LogP contribution in [-0.2, 0) is 9.53 Å². The molecule has 0 radical (unpaired) electrons. The highest BCUT2D eigenvalue weighted by Gasteiger charge is 2.31. The molecule has 0 aromatic heterocycles. The molecule has 6 nitrogen and oxygen atoms in total. The Morgan fingerprint density at radius 1 is 1.57 bits per heavy atom. The van der Waals surface area contributed by atoms with Crippen molar-refractivity contribution in [3.8, 4) is 0 Å². The van der Waals surface area contributed by atoms with Crippen LogP contribution in [0.3, 0.4) is 0 Å². The predicted octanol–water partition coefficient (Wildman–Crippen LogP) is -0.451. The minimum absolute atomic E-state index is 0.372. The first kappa shape index (κ1) is 10.8. The zero-order chi connectivity index (χ0) is 10.6. The number of ether oxygens (including phenoxy) is 1. The quantitative estimate of drug-likeness (QED) is 0.578. The SMILES string of the molecule is CC1(NC(=O)NCC(=O)O)CCOC1. The number of hydrogen-bond acceptors (Lipinski definition) is 3. The summed E-state index contributed by atoms with van der Waals surface area (Å²) in [5, 5.41) is 13.2. The average Bonchev–Trinajstić information content (AvgIpc) is 2.48. The van der Waals surface area contributed by atoms with Gasteiger partial charge in [-0.25, -0.2) is 4.79 Å². The maximum atomic E-state index is 11.2. The lowest BCUT2D eigenvalue weighted by Gasteiger charge is -2.23. The highest BCUT2D eigenvalue weighted by atomic mass is 16.5. The van der Waals surface area contributed by atoms with Gasteiger partial charge in [0, 0.05) is 6.61 Å². The Bertz CT molecular complexity index is 235.